The third kappa shape index (κ3) is 2.96. The Bertz CT molecular complexity index is 627. The van der Waals surface area contributed by atoms with Crippen molar-refractivity contribution in [3.05, 3.63) is 32.7 Å². The summed E-state index contributed by atoms with van der Waals surface area (Å²) in [6.07, 6.45) is 0. The van der Waals surface area contributed by atoms with Crippen molar-refractivity contribution >= 4 is 15.9 Å². The Kier molecular flexibility index (Phi) is 4.23. The highest BCUT2D eigenvalue weighted by Crippen LogP contribution is 2.16. The van der Waals surface area contributed by atoms with Gasteiger partial charge in [-0.1, -0.05) is 0 Å². The number of hydrogen-bond donors (Lipinski definition) is 1. The zero-order chi connectivity index (χ0) is 13.8. The quantitative estimate of drug-likeness (QED) is 0.906. The van der Waals surface area contributed by atoms with Crippen LogP contribution in [0.25, 0.3) is 11.5 Å². The normalized spacial score (nSPS) is 10.5. The second kappa shape index (κ2) is 5.89. The van der Waals surface area contributed by atoms with Crippen LogP contribution in [0.1, 0.15) is 5.69 Å². The zero-order valence-electron chi connectivity index (χ0n) is 10.3. The van der Waals surface area contributed by atoms with Gasteiger partial charge >= 0.3 is 0 Å². The van der Waals surface area contributed by atoms with Crippen molar-refractivity contribution in [2.75, 3.05) is 14.2 Å². The predicted octanol–water partition coefficient (Wildman–Crippen LogP) is 1.14. The van der Waals surface area contributed by atoms with E-state index in [9.17, 15) is 4.79 Å². The fourth-order valence-corrected chi connectivity index (χ4v) is 1.72. The number of H-pyrrole nitrogens is 1. The van der Waals surface area contributed by atoms with Gasteiger partial charge in [0.2, 0.25) is 5.88 Å². The molecule has 0 radical (unpaired) electrons. The third-order valence-corrected chi connectivity index (χ3v) is 3.12. The minimum absolute atomic E-state index is 0.223. The number of aromatic nitrogens is 4. The van der Waals surface area contributed by atoms with Gasteiger partial charge in [-0.15, -0.1) is 10.2 Å². The second-order valence-electron chi connectivity index (χ2n) is 3.57. The number of aromatic amines is 1. The first-order valence-electron chi connectivity index (χ1n) is 5.31. The van der Waals surface area contributed by atoms with E-state index in [1.807, 2.05) is 0 Å². The second-order valence-corrected chi connectivity index (χ2v) is 4.36. The van der Waals surface area contributed by atoms with Crippen LogP contribution >= 0.6 is 15.9 Å². The van der Waals surface area contributed by atoms with Crippen molar-refractivity contribution in [1.29, 1.82) is 0 Å². The van der Waals surface area contributed by atoms with E-state index in [1.165, 1.54) is 14.2 Å². The molecule has 0 amide bonds. The van der Waals surface area contributed by atoms with Gasteiger partial charge < -0.3 is 14.5 Å². The van der Waals surface area contributed by atoms with Crippen LogP contribution in [0.3, 0.4) is 0 Å². The van der Waals surface area contributed by atoms with Crippen molar-refractivity contribution in [1.82, 2.24) is 20.2 Å². The smallest absolute Gasteiger partial charge is 0.265 e. The molecule has 0 aliphatic carbocycles. The van der Waals surface area contributed by atoms with Gasteiger partial charge in [0.05, 0.1) is 19.4 Å². The molecule has 2 rings (SSSR count). The summed E-state index contributed by atoms with van der Waals surface area (Å²) in [6, 6.07) is 3.30. The molecule has 2 heterocycles. The van der Waals surface area contributed by atoms with Crippen LogP contribution in [0.4, 0.5) is 0 Å². The summed E-state index contributed by atoms with van der Waals surface area (Å²) in [7, 11) is 3.03. The zero-order valence-corrected chi connectivity index (χ0v) is 11.9. The number of rotatable bonds is 4. The topological polar surface area (TPSA) is 90.0 Å². The third-order valence-electron chi connectivity index (χ3n) is 2.30. The molecule has 8 heteroatoms. The maximum absolute atomic E-state index is 11.8. The average molecular weight is 327 g/mol. The first-order valence-corrected chi connectivity index (χ1v) is 6.10. The molecule has 7 nitrogen and oxygen atoms in total. The maximum atomic E-state index is 11.8. The van der Waals surface area contributed by atoms with Crippen LogP contribution in [0.2, 0.25) is 0 Å². The molecule has 100 valence electrons. The van der Waals surface area contributed by atoms with Gasteiger partial charge in [-0.25, -0.2) is 4.98 Å². The average Bonchev–Trinajstić information content (AvgIpc) is 2.44. The van der Waals surface area contributed by atoms with Gasteiger partial charge in [0.1, 0.15) is 10.2 Å². The summed E-state index contributed by atoms with van der Waals surface area (Å²) < 4.78 is 10.3. The van der Waals surface area contributed by atoms with Crippen molar-refractivity contribution in [2.24, 2.45) is 0 Å². The van der Waals surface area contributed by atoms with E-state index in [0.29, 0.717) is 27.6 Å². The highest BCUT2D eigenvalue weighted by molar-refractivity contribution is 9.10. The monoisotopic (exact) mass is 326 g/mol. The van der Waals surface area contributed by atoms with E-state index in [4.69, 9.17) is 9.47 Å². The molecular weight excluding hydrogens is 316 g/mol. The Morgan fingerprint density at radius 1 is 1.32 bits per heavy atom. The molecule has 0 aromatic carbocycles. The molecule has 0 bridgehead atoms. The fraction of sp³-hybridized carbons (Fsp3) is 0.273. The summed E-state index contributed by atoms with van der Waals surface area (Å²) in [4.78, 5) is 18.7. The van der Waals surface area contributed by atoms with Crippen molar-refractivity contribution in [3.8, 4) is 17.4 Å². The number of ether oxygens (including phenoxy) is 2. The van der Waals surface area contributed by atoms with E-state index >= 15 is 0 Å². The Morgan fingerprint density at radius 2 is 2.11 bits per heavy atom. The highest BCUT2D eigenvalue weighted by atomic mass is 79.9. The van der Waals surface area contributed by atoms with Gasteiger partial charge in [-0.05, 0) is 22.0 Å². The Hall–Kier alpha value is -1.80. The van der Waals surface area contributed by atoms with E-state index in [1.54, 1.807) is 12.1 Å². The lowest BCUT2D eigenvalue weighted by molar-refractivity contribution is 0.180. The Labute approximate surface area is 117 Å². The van der Waals surface area contributed by atoms with Crippen LogP contribution in [0, 0.1) is 0 Å². The summed E-state index contributed by atoms with van der Waals surface area (Å²) in [5, 5.41) is 7.75. The van der Waals surface area contributed by atoms with E-state index < -0.39 is 0 Å². The predicted molar refractivity (Wildman–Crippen MR) is 70.8 cm³/mol. The first-order chi connectivity index (χ1) is 9.15. The minimum Gasteiger partial charge on any atom is -0.480 e. The largest absolute Gasteiger partial charge is 0.480 e. The standard InChI is InChI=1S/C11H11BrN4O3/c1-18-5-7-9(12)11(17)14-10(13-7)6-3-4-8(19-2)16-15-6/h3-4H,5H2,1-2H3,(H,13,14,17). The van der Waals surface area contributed by atoms with Gasteiger partial charge in [-0.3, -0.25) is 4.79 Å². The molecule has 0 atom stereocenters. The fourth-order valence-electron chi connectivity index (χ4n) is 1.41. The van der Waals surface area contributed by atoms with Crippen LogP contribution in [0.15, 0.2) is 21.4 Å². The van der Waals surface area contributed by atoms with Crippen LogP contribution < -0.4 is 10.3 Å². The van der Waals surface area contributed by atoms with E-state index in [0.717, 1.165) is 0 Å². The molecule has 0 aliphatic heterocycles. The Morgan fingerprint density at radius 3 is 2.68 bits per heavy atom. The van der Waals surface area contributed by atoms with Crippen molar-refractivity contribution in [3.63, 3.8) is 0 Å². The molecule has 0 spiro atoms. The molecule has 0 saturated heterocycles. The number of hydrogen-bond acceptors (Lipinski definition) is 6. The van der Waals surface area contributed by atoms with Crippen LogP contribution in [-0.2, 0) is 11.3 Å². The van der Waals surface area contributed by atoms with Gasteiger partial charge in [0.15, 0.2) is 5.82 Å². The molecular formula is C11H11BrN4O3. The number of halogens is 1. The SMILES string of the molecule is COCc1nc(-c2ccc(OC)nn2)[nH]c(=O)c1Br. The summed E-state index contributed by atoms with van der Waals surface area (Å²) in [6.45, 7) is 0.223. The summed E-state index contributed by atoms with van der Waals surface area (Å²) in [5.41, 5.74) is 0.649. The lowest BCUT2D eigenvalue weighted by atomic mass is 10.3. The van der Waals surface area contributed by atoms with Crippen molar-refractivity contribution < 1.29 is 9.47 Å². The molecule has 0 unspecified atom stereocenters. The number of nitrogens with one attached hydrogen (secondary N) is 1. The van der Waals surface area contributed by atoms with E-state index in [2.05, 4.69) is 36.1 Å². The van der Waals surface area contributed by atoms with Crippen molar-refractivity contribution in [2.45, 2.75) is 6.61 Å². The first kappa shape index (κ1) is 13.6. The molecule has 0 fully saturated rings. The molecule has 19 heavy (non-hydrogen) atoms. The molecule has 0 saturated carbocycles. The maximum Gasteiger partial charge on any atom is 0.265 e. The molecule has 1 N–H and O–H groups in total. The minimum atomic E-state index is -0.297. The lowest BCUT2D eigenvalue weighted by Gasteiger charge is -2.05. The van der Waals surface area contributed by atoms with Crippen LogP contribution in [0.5, 0.6) is 5.88 Å². The highest BCUT2D eigenvalue weighted by Gasteiger charge is 2.11. The summed E-state index contributed by atoms with van der Waals surface area (Å²) >= 11 is 3.17. The molecule has 2 aromatic heterocycles. The molecule has 0 aliphatic rings. The molecule has 2 aromatic rings. The Balaban J connectivity index is 2.46. The van der Waals surface area contributed by atoms with Gasteiger partial charge in [-0.2, -0.15) is 0 Å². The van der Waals surface area contributed by atoms with Gasteiger partial charge in [0, 0.05) is 13.2 Å². The number of methoxy groups -OCH3 is 2. The lowest BCUT2D eigenvalue weighted by Crippen LogP contribution is -2.14. The number of nitrogens with zero attached hydrogens (tertiary/aromatic N) is 3. The summed E-state index contributed by atoms with van der Waals surface area (Å²) in [5.74, 6) is 0.718. The van der Waals surface area contributed by atoms with Gasteiger partial charge in [0.25, 0.3) is 5.56 Å². The van der Waals surface area contributed by atoms with E-state index in [-0.39, 0.29) is 12.2 Å². The van der Waals surface area contributed by atoms with Crippen LogP contribution in [-0.4, -0.2) is 34.4 Å².